The number of carboxylic acid groups (broad SMARTS) is 1. The molecule has 0 saturated carbocycles. The molecule has 1 heterocycles. The summed E-state index contributed by atoms with van der Waals surface area (Å²) < 4.78 is 5.68. The van der Waals surface area contributed by atoms with Gasteiger partial charge in [0.15, 0.2) is 0 Å². The van der Waals surface area contributed by atoms with Crippen LogP contribution in [0.3, 0.4) is 0 Å². The molecule has 1 fully saturated rings. The van der Waals surface area contributed by atoms with Crippen LogP contribution in [0.2, 0.25) is 6.32 Å². The highest BCUT2D eigenvalue weighted by atomic mass is 16.5. The second kappa shape index (κ2) is 9.95. The van der Waals surface area contributed by atoms with Gasteiger partial charge >= 0.3 is 13.1 Å². The summed E-state index contributed by atoms with van der Waals surface area (Å²) >= 11 is 0. The van der Waals surface area contributed by atoms with Crippen molar-refractivity contribution in [3.8, 4) is 11.5 Å². The van der Waals surface area contributed by atoms with Crippen molar-refractivity contribution in [3.05, 3.63) is 23.3 Å². The van der Waals surface area contributed by atoms with Crippen LogP contribution in [0.5, 0.6) is 11.5 Å². The van der Waals surface area contributed by atoms with Crippen LogP contribution in [-0.4, -0.2) is 69.1 Å². The Balaban J connectivity index is 2.00. The fraction of sp³-hybridized carbons (Fsp3) is 0.550. The number of carbonyl (C=O) groups is 3. The van der Waals surface area contributed by atoms with Crippen molar-refractivity contribution in [2.45, 2.75) is 46.0 Å². The van der Waals surface area contributed by atoms with Crippen LogP contribution in [0.1, 0.15) is 43.1 Å². The summed E-state index contributed by atoms with van der Waals surface area (Å²) in [5.74, 6) is -2.55. The minimum absolute atomic E-state index is 0.0200. The number of aryl methyl sites for hydroxylation is 1. The molecule has 0 aliphatic carbocycles. The van der Waals surface area contributed by atoms with E-state index in [-0.39, 0.29) is 61.2 Å². The molecule has 1 aromatic rings. The SMILES string of the molecule is CC(C)C(=O)C[C@H](C)C(=O)N1CC(Oc2ccc(CCB(O)O)c(O)c2C(=O)O)C1. The molecule has 1 atom stereocenters. The average Bonchev–Trinajstić information content (AvgIpc) is 2.62. The zero-order chi connectivity index (χ0) is 22.6. The van der Waals surface area contributed by atoms with Crippen LogP contribution in [0, 0.1) is 11.8 Å². The van der Waals surface area contributed by atoms with Crippen molar-refractivity contribution in [1.82, 2.24) is 4.90 Å². The summed E-state index contributed by atoms with van der Waals surface area (Å²) in [6.07, 6.45) is -0.212. The Bertz CT molecular complexity index is 804. The second-order valence-corrected chi connectivity index (χ2v) is 7.98. The zero-order valence-electron chi connectivity index (χ0n) is 17.4. The van der Waals surface area contributed by atoms with Gasteiger partial charge < -0.3 is 29.9 Å². The first kappa shape index (κ1) is 23.7. The van der Waals surface area contributed by atoms with Crippen molar-refractivity contribution in [1.29, 1.82) is 0 Å². The third-order valence-electron chi connectivity index (χ3n) is 5.14. The highest BCUT2D eigenvalue weighted by Gasteiger charge is 2.36. The fourth-order valence-electron chi connectivity index (χ4n) is 3.22. The van der Waals surface area contributed by atoms with Gasteiger partial charge in [-0.3, -0.25) is 9.59 Å². The number of likely N-dealkylation sites (tertiary alicyclic amines) is 1. The van der Waals surface area contributed by atoms with E-state index in [1.165, 1.54) is 12.1 Å². The van der Waals surface area contributed by atoms with Gasteiger partial charge in [0, 0.05) is 18.3 Å². The number of hydrogen-bond acceptors (Lipinski definition) is 7. The third kappa shape index (κ3) is 5.73. The summed E-state index contributed by atoms with van der Waals surface area (Å²) in [4.78, 5) is 37.4. The summed E-state index contributed by atoms with van der Waals surface area (Å²) in [5.41, 5.74) is -0.137. The molecular formula is C20H28BNO8. The van der Waals surface area contributed by atoms with Gasteiger partial charge in [0.25, 0.3) is 0 Å². The molecule has 1 aliphatic rings. The van der Waals surface area contributed by atoms with E-state index in [0.29, 0.717) is 0 Å². The van der Waals surface area contributed by atoms with Gasteiger partial charge in [-0.2, -0.15) is 0 Å². The van der Waals surface area contributed by atoms with E-state index in [1.807, 2.05) is 0 Å². The summed E-state index contributed by atoms with van der Waals surface area (Å²) in [6, 6.07) is 2.89. The minimum Gasteiger partial charge on any atom is -0.507 e. The minimum atomic E-state index is -1.56. The Morgan fingerprint density at radius 3 is 2.37 bits per heavy atom. The van der Waals surface area contributed by atoms with Crippen molar-refractivity contribution in [2.75, 3.05) is 13.1 Å². The van der Waals surface area contributed by atoms with E-state index >= 15 is 0 Å². The highest BCUT2D eigenvalue weighted by Crippen LogP contribution is 2.34. The molecule has 0 unspecified atom stereocenters. The third-order valence-corrected chi connectivity index (χ3v) is 5.14. The Labute approximate surface area is 175 Å². The van der Waals surface area contributed by atoms with Crippen LogP contribution in [0.15, 0.2) is 12.1 Å². The number of phenols is 1. The lowest BCUT2D eigenvalue weighted by Crippen LogP contribution is -2.57. The van der Waals surface area contributed by atoms with Gasteiger partial charge in [0.1, 0.15) is 28.9 Å². The van der Waals surface area contributed by atoms with Gasteiger partial charge in [-0.1, -0.05) is 26.8 Å². The van der Waals surface area contributed by atoms with E-state index in [2.05, 4.69) is 0 Å². The number of carboxylic acids is 1. The summed E-state index contributed by atoms with van der Waals surface area (Å²) in [7, 11) is -1.56. The lowest BCUT2D eigenvalue weighted by Gasteiger charge is -2.40. The first-order valence-corrected chi connectivity index (χ1v) is 9.93. The number of aromatic carboxylic acids is 1. The number of hydrogen-bond donors (Lipinski definition) is 4. The van der Waals surface area contributed by atoms with Crippen molar-refractivity contribution < 1.29 is 39.4 Å². The number of aromatic hydroxyl groups is 1. The number of nitrogens with zero attached hydrogens (tertiary/aromatic N) is 1. The molecule has 30 heavy (non-hydrogen) atoms. The molecular weight excluding hydrogens is 393 g/mol. The Morgan fingerprint density at radius 1 is 1.20 bits per heavy atom. The largest absolute Gasteiger partial charge is 0.507 e. The van der Waals surface area contributed by atoms with Gasteiger partial charge in [-0.15, -0.1) is 0 Å². The molecule has 1 aromatic carbocycles. The lowest BCUT2D eigenvalue weighted by molar-refractivity contribution is -0.145. The first-order valence-electron chi connectivity index (χ1n) is 9.93. The molecule has 164 valence electrons. The zero-order valence-corrected chi connectivity index (χ0v) is 17.4. The fourth-order valence-corrected chi connectivity index (χ4v) is 3.22. The smallest absolute Gasteiger partial charge is 0.451 e. The highest BCUT2D eigenvalue weighted by molar-refractivity contribution is 6.41. The van der Waals surface area contributed by atoms with Crippen LogP contribution in [0.25, 0.3) is 0 Å². The molecule has 1 aliphatic heterocycles. The standard InChI is InChI=1S/C20H28BNO8/c1-11(2)15(23)8-12(3)19(25)22-9-14(10-22)30-16-5-4-13(6-7-21(28)29)18(24)17(16)20(26)27/h4-5,11-12,14,24,28-29H,6-10H2,1-3H3,(H,26,27)/t12-/m0/s1. The molecule has 0 bridgehead atoms. The van der Waals surface area contributed by atoms with Crippen LogP contribution >= 0.6 is 0 Å². The lowest BCUT2D eigenvalue weighted by atomic mass is 9.82. The first-order chi connectivity index (χ1) is 14.0. The molecule has 0 aromatic heterocycles. The Kier molecular flexibility index (Phi) is 7.86. The Hall–Kier alpha value is -2.59. The number of carbonyl (C=O) groups excluding carboxylic acids is 2. The molecule has 0 spiro atoms. The monoisotopic (exact) mass is 421 g/mol. The van der Waals surface area contributed by atoms with Gasteiger partial charge in [-0.25, -0.2) is 4.79 Å². The van der Waals surface area contributed by atoms with Crippen LogP contribution in [-0.2, 0) is 16.0 Å². The molecule has 10 heteroatoms. The van der Waals surface area contributed by atoms with E-state index in [0.717, 1.165) is 0 Å². The predicted octanol–water partition coefficient (Wildman–Crippen LogP) is 0.947. The van der Waals surface area contributed by atoms with E-state index in [9.17, 15) is 24.6 Å². The molecule has 9 nitrogen and oxygen atoms in total. The maximum atomic E-state index is 12.4. The quantitative estimate of drug-likeness (QED) is 0.409. The van der Waals surface area contributed by atoms with Crippen LogP contribution in [0.4, 0.5) is 0 Å². The molecule has 2 rings (SSSR count). The Morgan fingerprint density at radius 2 is 1.83 bits per heavy atom. The van der Waals surface area contributed by atoms with Crippen molar-refractivity contribution >= 4 is 24.8 Å². The number of rotatable bonds is 10. The maximum Gasteiger partial charge on any atom is 0.451 e. The van der Waals surface area contributed by atoms with Gasteiger partial charge in [0.2, 0.25) is 5.91 Å². The van der Waals surface area contributed by atoms with E-state index < -0.39 is 36.4 Å². The van der Waals surface area contributed by atoms with Crippen molar-refractivity contribution in [3.63, 3.8) is 0 Å². The number of Topliss-reactive ketones (excluding diaryl/α,β-unsaturated/α-hetero) is 1. The van der Waals surface area contributed by atoms with E-state index in [1.54, 1.807) is 25.7 Å². The summed E-state index contributed by atoms with van der Waals surface area (Å²) in [5, 5.41) is 37.7. The second-order valence-electron chi connectivity index (χ2n) is 7.98. The number of amides is 1. The number of ketones is 1. The number of ether oxygens (including phenoxy) is 1. The normalized spacial score (nSPS) is 14.9. The summed E-state index contributed by atoms with van der Waals surface area (Å²) in [6.45, 7) is 5.81. The van der Waals surface area contributed by atoms with Gasteiger partial charge in [0.05, 0.1) is 13.1 Å². The van der Waals surface area contributed by atoms with E-state index in [4.69, 9.17) is 14.8 Å². The predicted molar refractivity (Wildman–Crippen MR) is 108 cm³/mol. The molecule has 1 saturated heterocycles. The topological polar surface area (TPSA) is 145 Å². The van der Waals surface area contributed by atoms with Crippen LogP contribution < -0.4 is 4.74 Å². The molecule has 0 radical (unpaired) electrons. The molecule has 4 N–H and O–H groups in total. The van der Waals surface area contributed by atoms with Crippen molar-refractivity contribution in [2.24, 2.45) is 11.8 Å². The maximum absolute atomic E-state index is 12.4. The average molecular weight is 421 g/mol. The molecule has 1 amide bonds. The van der Waals surface area contributed by atoms with Gasteiger partial charge in [-0.05, 0) is 24.4 Å². The number of benzene rings is 1.